The molecule has 2 rings (SSSR count). The highest BCUT2D eigenvalue weighted by Gasteiger charge is 2.33. The molecule has 3 nitrogen and oxygen atoms in total. The molecule has 2 aromatic rings. The van der Waals surface area contributed by atoms with Crippen LogP contribution in [0.4, 0.5) is 13.2 Å². The predicted octanol–water partition coefficient (Wildman–Crippen LogP) is 4.35. The van der Waals surface area contributed by atoms with Crippen LogP contribution in [0.1, 0.15) is 5.69 Å². The molecule has 0 spiro atoms. The summed E-state index contributed by atoms with van der Waals surface area (Å²) in [5, 5.41) is 0.474. The van der Waals surface area contributed by atoms with Crippen LogP contribution in [0.2, 0.25) is 10.3 Å². The number of nitrogens with zero attached hydrogens (tertiary/aromatic N) is 3. The Balaban J connectivity index is 2.30. The zero-order valence-electron chi connectivity index (χ0n) is 8.95. The molecule has 0 radical (unpaired) electrons. The van der Waals surface area contributed by atoms with Gasteiger partial charge in [0.1, 0.15) is 10.1 Å². The van der Waals surface area contributed by atoms with Crippen LogP contribution in [0.25, 0.3) is 0 Å². The lowest BCUT2D eigenvalue weighted by Crippen LogP contribution is -2.09. The molecule has 0 aliphatic carbocycles. The van der Waals surface area contributed by atoms with E-state index >= 15 is 0 Å². The fourth-order valence-electron chi connectivity index (χ4n) is 1.12. The van der Waals surface area contributed by atoms with Crippen LogP contribution < -0.4 is 0 Å². The van der Waals surface area contributed by atoms with Crippen molar-refractivity contribution in [1.82, 2.24) is 15.0 Å². The number of hydrogen-bond acceptors (Lipinski definition) is 4. The molecule has 0 fully saturated rings. The summed E-state index contributed by atoms with van der Waals surface area (Å²) in [6.45, 7) is 0. The third-order valence-electron chi connectivity index (χ3n) is 1.88. The molecule has 0 saturated heterocycles. The second-order valence-corrected chi connectivity index (χ2v) is 5.09. The summed E-state index contributed by atoms with van der Waals surface area (Å²) >= 11 is 12.1. The lowest BCUT2D eigenvalue weighted by Gasteiger charge is -2.07. The van der Waals surface area contributed by atoms with Gasteiger partial charge in [0, 0.05) is 12.3 Å². The van der Waals surface area contributed by atoms with E-state index in [1.807, 2.05) is 0 Å². The van der Waals surface area contributed by atoms with E-state index in [9.17, 15) is 13.2 Å². The normalized spacial score (nSPS) is 11.6. The summed E-state index contributed by atoms with van der Waals surface area (Å²) in [7, 11) is 0. The average molecular weight is 326 g/mol. The molecular weight excluding hydrogens is 322 g/mol. The van der Waals surface area contributed by atoms with Crippen molar-refractivity contribution in [1.29, 1.82) is 0 Å². The summed E-state index contributed by atoms with van der Waals surface area (Å²) < 4.78 is 37.6. The Morgan fingerprint density at radius 2 is 1.79 bits per heavy atom. The minimum absolute atomic E-state index is 0.0575. The molecule has 0 bridgehead atoms. The number of rotatable bonds is 2. The molecule has 0 unspecified atom stereocenters. The Hall–Kier alpha value is -1.05. The summed E-state index contributed by atoms with van der Waals surface area (Å²) in [6.07, 6.45) is -3.19. The highest BCUT2D eigenvalue weighted by atomic mass is 35.5. The second-order valence-electron chi connectivity index (χ2n) is 3.27. The number of pyridine rings is 1. The van der Waals surface area contributed by atoms with Crippen molar-refractivity contribution in [3.8, 4) is 0 Å². The summed E-state index contributed by atoms with van der Waals surface area (Å²) in [4.78, 5) is 10.8. The van der Waals surface area contributed by atoms with Crippen molar-refractivity contribution >= 4 is 35.0 Å². The molecule has 100 valence electrons. The van der Waals surface area contributed by atoms with Gasteiger partial charge in [0.05, 0.1) is 5.02 Å². The first-order chi connectivity index (χ1) is 8.84. The molecule has 0 aromatic carbocycles. The maximum absolute atomic E-state index is 12.5. The molecule has 0 amide bonds. The van der Waals surface area contributed by atoms with Gasteiger partial charge >= 0.3 is 6.18 Å². The Morgan fingerprint density at radius 1 is 1.05 bits per heavy atom. The minimum Gasteiger partial charge on any atom is -0.248 e. The van der Waals surface area contributed by atoms with Crippen LogP contribution in [-0.2, 0) is 6.18 Å². The van der Waals surface area contributed by atoms with Crippen LogP contribution >= 0.6 is 35.0 Å². The van der Waals surface area contributed by atoms with E-state index in [1.54, 1.807) is 12.1 Å². The highest BCUT2D eigenvalue weighted by molar-refractivity contribution is 7.99. The molecule has 0 atom stereocenters. The van der Waals surface area contributed by atoms with E-state index in [2.05, 4.69) is 15.0 Å². The molecule has 9 heteroatoms. The van der Waals surface area contributed by atoms with Crippen LogP contribution in [0.15, 0.2) is 34.4 Å². The van der Waals surface area contributed by atoms with E-state index in [4.69, 9.17) is 23.2 Å². The molecule has 2 aromatic heterocycles. The Morgan fingerprint density at radius 3 is 2.37 bits per heavy atom. The van der Waals surface area contributed by atoms with E-state index in [0.717, 1.165) is 17.8 Å². The van der Waals surface area contributed by atoms with Crippen molar-refractivity contribution in [2.75, 3.05) is 0 Å². The first-order valence-corrected chi connectivity index (χ1v) is 6.33. The fourth-order valence-corrected chi connectivity index (χ4v) is 2.23. The van der Waals surface area contributed by atoms with Gasteiger partial charge in [-0.2, -0.15) is 13.2 Å². The van der Waals surface area contributed by atoms with Crippen molar-refractivity contribution in [3.05, 3.63) is 40.4 Å². The molecule has 0 N–H and O–H groups in total. The van der Waals surface area contributed by atoms with Crippen molar-refractivity contribution in [3.63, 3.8) is 0 Å². The lowest BCUT2D eigenvalue weighted by atomic mass is 10.4. The first kappa shape index (κ1) is 14.4. The largest absolute Gasteiger partial charge is 0.433 e. The van der Waals surface area contributed by atoms with Gasteiger partial charge in [-0.25, -0.2) is 15.0 Å². The van der Waals surface area contributed by atoms with Gasteiger partial charge in [-0.05, 0) is 35.5 Å². The van der Waals surface area contributed by atoms with Crippen molar-refractivity contribution < 1.29 is 13.2 Å². The lowest BCUT2D eigenvalue weighted by molar-refractivity contribution is -0.141. The van der Waals surface area contributed by atoms with Crippen molar-refractivity contribution in [2.24, 2.45) is 0 Å². The van der Waals surface area contributed by atoms with Gasteiger partial charge in [-0.1, -0.05) is 11.6 Å². The molecule has 0 saturated carbocycles. The second kappa shape index (κ2) is 5.52. The zero-order chi connectivity index (χ0) is 14.0. The van der Waals surface area contributed by atoms with Gasteiger partial charge < -0.3 is 0 Å². The minimum atomic E-state index is -4.57. The number of alkyl halides is 3. The van der Waals surface area contributed by atoms with E-state index < -0.39 is 17.2 Å². The number of aromatic nitrogens is 3. The molecular formula is C10H4Cl2F3N3S. The monoisotopic (exact) mass is 325 g/mol. The molecule has 0 aliphatic rings. The third-order valence-corrected chi connectivity index (χ3v) is 3.14. The molecule has 2 heterocycles. The summed E-state index contributed by atoms with van der Waals surface area (Å²) in [5.74, 6) is 0. The number of halogens is 5. The van der Waals surface area contributed by atoms with Crippen LogP contribution in [0.5, 0.6) is 0 Å². The standard InChI is InChI=1S/C10H4Cl2F3N3S/c11-5-1-2-7(16-4-5)19-8-3-6(10(13,14)15)17-9(12)18-8/h1-4H. The average Bonchev–Trinajstić information content (AvgIpc) is 2.30. The summed E-state index contributed by atoms with van der Waals surface area (Å²) in [5.41, 5.74) is -1.09. The third kappa shape index (κ3) is 3.95. The fraction of sp³-hybridized carbons (Fsp3) is 0.100. The van der Waals surface area contributed by atoms with E-state index in [0.29, 0.717) is 10.0 Å². The van der Waals surface area contributed by atoms with Crippen LogP contribution in [0, 0.1) is 0 Å². The van der Waals surface area contributed by atoms with Crippen LogP contribution in [-0.4, -0.2) is 15.0 Å². The van der Waals surface area contributed by atoms with Crippen LogP contribution in [0.3, 0.4) is 0 Å². The summed E-state index contributed by atoms with van der Waals surface area (Å²) in [6, 6.07) is 3.95. The highest BCUT2D eigenvalue weighted by Crippen LogP contribution is 2.32. The SMILES string of the molecule is FC(F)(F)c1cc(Sc2ccc(Cl)cn2)nc(Cl)n1. The maximum atomic E-state index is 12.5. The first-order valence-electron chi connectivity index (χ1n) is 4.76. The topological polar surface area (TPSA) is 38.7 Å². The Bertz CT molecular complexity index is 590. The van der Waals surface area contributed by atoms with Crippen molar-refractivity contribution in [2.45, 2.75) is 16.2 Å². The number of hydrogen-bond donors (Lipinski definition) is 0. The van der Waals surface area contributed by atoms with E-state index in [1.165, 1.54) is 6.20 Å². The van der Waals surface area contributed by atoms with Gasteiger partial charge in [-0.3, -0.25) is 0 Å². The smallest absolute Gasteiger partial charge is 0.248 e. The zero-order valence-corrected chi connectivity index (χ0v) is 11.3. The van der Waals surface area contributed by atoms with Gasteiger partial charge in [0.2, 0.25) is 5.28 Å². The maximum Gasteiger partial charge on any atom is 0.433 e. The molecule has 0 aliphatic heterocycles. The van der Waals surface area contributed by atoms with E-state index in [-0.39, 0.29) is 5.03 Å². The quantitative estimate of drug-likeness (QED) is 0.608. The Kier molecular flexibility index (Phi) is 4.17. The predicted molar refractivity (Wildman–Crippen MR) is 65.4 cm³/mol. The molecule has 19 heavy (non-hydrogen) atoms. The van der Waals surface area contributed by atoms with Gasteiger partial charge in [0.25, 0.3) is 0 Å². The van der Waals surface area contributed by atoms with Gasteiger partial charge in [-0.15, -0.1) is 0 Å². The van der Waals surface area contributed by atoms with Gasteiger partial charge in [0.15, 0.2) is 5.69 Å². The Labute approximate surface area is 120 Å².